The molecule has 0 aliphatic heterocycles. The summed E-state index contributed by atoms with van der Waals surface area (Å²) >= 11 is 6.42. The number of carbonyl (C=O) groups excluding carboxylic acids is 1. The van der Waals surface area contributed by atoms with Gasteiger partial charge in [-0.05, 0) is 62.4 Å². The summed E-state index contributed by atoms with van der Waals surface area (Å²) in [5, 5.41) is 4.41. The third-order valence-electron chi connectivity index (χ3n) is 4.77. The number of aryl methyl sites for hydroxylation is 2. The number of benzene rings is 2. The van der Waals surface area contributed by atoms with Crippen LogP contribution in [-0.2, 0) is 11.3 Å². The molecule has 0 aliphatic carbocycles. The number of methoxy groups -OCH3 is 1. The SMILES string of the molecule is COc1ccc(NC(=O)CN(C)Cc2cc3ccc(C)c(C)c3nc2Cl)cc1. The quantitative estimate of drug-likeness (QED) is 0.618. The Hall–Kier alpha value is -2.63. The summed E-state index contributed by atoms with van der Waals surface area (Å²) in [5.74, 6) is 0.656. The second kappa shape index (κ2) is 8.59. The van der Waals surface area contributed by atoms with E-state index in [1.54, 1.807) is 7.11 Å². The molecule has 0 spiro atoms. The Morgan fingerprint density at radius 2 is 1.89 bits per heavy atom. The number of carbonyl (C=O) groups is 1. The van der Waals surface area contributed by atoms with Gasteiger partial charge < -0.3 is 10.1 Å². The summed E-state index contributed by atoms with van der Waals surface area (Å²) in [5.41, 5.74) is 4.88. The number of aromatic nitrogens is 1. The van der Waals surface area contributed by atoms with Gasteiger partial charge in [0.2, 0.25) is 5.91 Å². The number of anilines is 1. The third kappa shape index (κ3) is 4.61. The third-order valence-corrected chi connectivity index (χ3v) is 5.09. The van der Waals surface area contributed by atoms with Gasteiger partial charge in [-0.1, -0.05) is 23.7 Å². The molecule has 2 aromatic carbocycles. The molecule has 0 fully saturated rings. The molecule has 0 aliphatic rings. The van der Waals surface area contributed by atoms with Crippen LogP contribution in [0.3, 0.4) is 0 Å². The van der Waals surface area contributed by atoms with E-state index in [-0.39, 0.29) is 12.5 Å². The zero-order valence-electron chi connectivity index (χ0n) is 16.5. The molecule has 6 heteroatoms. The van der Waals surface area contributed by atoms with Crippen molar-refractivity contribution in [2.75, 3.05) is 26.0 Å². The van der Waals surface area contributed by atoms with Crippen molar-refractivity contribution in [3.8, 4) is 5.75 Å². The lowest BCUT2D eigenvalue weighted by atomic mass is 10.0. The van der Waals surface area contributed by atoms with Crippen LogP contribution in [0.1, 0.15) is 16.7 Å². The summed E-state index contributed by atoms with van der Waals surface area (Å²) in [4.78, 5) is 18.8. The molecule has 1 aromatic heterocycles. The summed E-state index contributed by atoms with van der Waals surface area (Å²) in [6.07, 6.45) is 0. The Balaban J connectivity index is 1.66. The number of hydrogen-bond acceptors (Lipinski definition) is 4. The van der Waals surface area contributed by atoms with Crippen LogP contribution in [0, 0.1) is 13.8 Å². The van der Waals surface area contributed by atoms with Gasteiger partial charge in [0.25, 0.3) is 0 Å². The predicted molar refractivity (Wildman–Crippen MR) is 114 cm³/mol. The maximum absolute atomic E-state index is 12.3. The molecule has 28 heavy (non-hydrogen) atoms. The first-order valence-electron chi connectivity index (χ1n) is 9.05. The van der Waals surface area contributed by atoms with Crippen molar-refractivity contribution in [2.24, 2.45) is 0 Å². The van der Waals surface area contributed by atoms with Gasteiger partial charge in [-0.3, -0.25) is 9.69 Å². The van der Waals surface area contributed by atoms with Crippen molar-refractivity contribution in [3.63, 3.8) is 0 Å². The monoisotopic (exact) mass is 397 g/mol. The maximum atomic E-state index is 12.3. The molecular weight excluding hydrogens is 374 g/mol. The minimum absolute atomic E-state index is 0.0935. The Labute approximate surface area is 170 Å². The Kier molecular flexibility index (Phi) is 6.17. The molecule has 0 radical (unpaired) electrons. The fourth-order valence-corrected chi connectivity index (χ4v) is 3.28. The highest BCUT2D eigenvalue weighted by atomic mass is 35.5. The molecule has 5 nitrogen and oxygen atoms in total. The number of hydrogen-bond donors (Lipinski definition) is 1. The normalized spacial score (nSPS) is 11.1. The number of nitrogens with one attached hydrogen (secondary N) is 1. The van der Waals surface area contributed by atoms with E-state index in [1.807, 2.05) is 36.2 Å². The second-order valence-electron chi connectivity index (χ2n) is 6.97. The van der Waals surface area contributed by atoms with Crippen LogP contribution in [-0.4, -0.2) is 36.5 Å². The van der Waals surface area contributed by atoms with E-state index in [4.69, 9.17) is 16.3 Å². The highest BCUT2D eigenvalue weighted by Gasteiger charge is 2.12. The van der Waals surface area contributed by atoms with Gasteiger partial charge in [-0.15, -0.1) is 0 Å². The van der Waals surface area contributed by atoms with Crippen LogP contribution in [0.4, 0.5) is 5.69 Å². The van der Waals surface area contributed by atoms with Crippen LogP contribution in [0.25, 0.3) is 10.9 Å². The standard InChI is InChI=1S/C22H24ClN3O2/c1-14-5-6-16-11-17(22(23)25-21(16)15(14)2)12-26(3)13-20(27)24-18-7-9-19(28-4)10-8-18/h5-11H,12-13H2,1-4H3,(H,24,27). The Morgan fingerprint density at radius 3 is 2.57 bits per heavy atom. The predicted octanol–water partition coefficient (Wildman–Crippen LogP) is 4.58. The lowest BCUT2D eigenvalue weighted by Crippen LogP contribution is -2.30. The number of nitrogens with zero attached hydrogens (tertiary/aromatic N) is 2. The van der Waals surface area contributed by atoms with E-state index in [0.29, 0.717) is 11.7 Å². The van der Waals surface area contributed by atoms with E-state index < -0.39 is 0 Å². The molecule has 0 atom stereocenters. The van der Waals surface area contributed by atoms with Crippen molar-refractivity contribution in [2.45, 2.75) is 20.4 Å². The number of pyridine rings is 1. The zero-order chi connectivity index (χ0) is 20.3. The molecule has 0 bridgehead atoms. The number of rotatable bonds is 6. The van der Waals surface area contributed by atoms with Crippen LogP contribution < -0.4 is 10.1 Å². The molecular formula is C22H24ClN3O2. The first kappa shape index (κ1) is 20.1. The van der Waals surface area contributed by atoms with E-state index in [1.165, 1.54) is 5.56 Å². The molecule has 146 valence electrons. The van der Waals surface area contributed by atoms with E-state index in [9.17, 15) is 4.79 Å². The van der Waals surface area contributed by atoms with Gasteiger partial charge in [0.15, 0.2) is 0 Å². The Bertz CT molecular complexity index is 1000. The second-order valence-corrected chi connectivity index (χ2v) is 7.32. The highest BCUT2D eigenvalue weighted by molar-refractivity contribution is 6.30. The smallest absolute Gasteiger partial charge is 0.238 e. The highest BCUT2D eigenvalue weighted by Crippen LogP contribution is 2.25. The van der Waals surface area contributed by atoms with E-state index in [2.05, 4.69) is 42.3 Å². The first-order valence-corrected chi connectivity index (χ1v) is 9.43. The average molecular weight is 398 g/mol. The van der Waals surface area contributed by atoms with Gasteiger partial charge in [-0.2, -0.15) is 0 Å². The Morgan fingerprint density at radius 1 is 1.18 bits per heavy atom. The number of ether oxygens (including phenoxy) is 1. The molecule has 1 N–H and O–H groups in total. The van der Waals surface area contributed by atoms with Gasteiger partial charge >= 0.3 is 0 Å². The number of likely N-dealkylation sites (N-methyl/N-ethyl adjacent to an activating group) is 1. The maximum Gasteiger partial charge on any atom is 0.238 e. The van der Waals surface area contributed by atoms with Gasteiger partial charge in [-0.25, -0.2) is 4.98 Å². The molecule has 1 heterocycles. The van der Waals surface area contributed by atoms with Crippen LogP contribution in [0.5, 0.6) is 5.75 Å². The molecule has 1 amide bonds. The molecule has 0 saturated heterocycles. The number of halogens is 1. The fourth-order valence-electron chi connectivity index (χ4n) is 3.08. The average Bonchev–Trinajstić information content (AvgIpc) is 2.66. The largest absolute Gasteiger partial charge is 0.497 e. The topological polar surface area (TPSA) is 54.5 Å². The molecule has 3 rings (SSSR count). The van der Waals surface area contributed by atoms with Gasteiger partial charge in [0.1, 0.15) is 10.9 Å². The van der Waals surface area contributed by atoms with Crippen molar-refractivity contribution in [3.05, 3.63) is 64.3 Å². The summed E-state index contributed by atoms with van der Waals surface area (Å²) in [6, 6.07) is 13.4. The minimum atomic E-state index is -0.0935. The minimum Gasteiger partial charge on any atom is -0.497 e. The van der Waals surface area contributed by atoms with Crippen molar-refractivity contribution < 1.29 is 9.53 Å². The van der Waals surface area contributed by atoms with Crippen molar-refractivity contribution >= 4 is 34.1 Å². The lowest BCUT2D eigenvalue weighted by molar-refractivity contribution is -0.117. The van der Waals surface area contributed by atoms with E-state index >= 15 is 0 Å². The first-order chi connectivity index (χ1) is 13.4. The zero-order valence-corrected chi connectivity index (χ0v) is 17.3. The van der Waals surface area contributed by atoms with Gasteiger partial charge in [0.05, 0.1) is 19.2 Å². The summed E-state index contributed by atoms with van der Waals surface area (Å²) in [6.45, 7) is 4.89. The molecule has 0 saturated carbocycles. The summed E-state index contributed by atoms with van der Waals surface area (Å²) in [7, 11) is 3.49. The molecule has 0 unspecified atom stereocenters. The van der Waals surface area contributed by atoms with Gasteiger partial charge in [0, 0.05) is 23.2 Å². The van der Waals surface area contributed by atoms with Crippen molar-refractivity contribution in [1.29, 1.82) is 0 Å². The number of amides is 1. The summed E-state index contributed by atoms with van der Waals surface area (Å²) < 4.78 is 5.12. The van der Waals surface area contributed by atoms with Crippen LogP contribution in [0.2, 0.25) is 5.15 Å². The van der Waals surface area contributed by atoms with E-state index in [0.717, 1.165) is 33.5 Å². The van der Waals surface area contributed by atoms with Crippen molar-refractivity contribution in [1.82, 2.24) is 9.88 Å². The van der Waals surface area contributed by atoms with Crippen LogP contribution in [0.15, 0.2) is 42.5 Å². The number of fused-ring (bicyclic) bond motifs is 1. The fraction of sp³-hybridized carbons (Fsp3) is 0.273. The molecule has 3 aromatic rings. The van der Waals surface area contributed by atoms with Crippen LogP contribution >= 0.6 is 11.6 Å². The lowest BCUT2D eigenvalue weighted by Gasteiger charge is -2.18.